The number of anilines is 1. The number of nitrogen functional groups attached to an aromatic ring is 1. The first-order valence-electron chi connectivity index (χ1n) is 12.0. The number of nitrogens with zero attached hydrogens (tertiary/aromatic N) is 8. The minimum atomic E-state index is -0.296. The summed E-state index contributed by atoms with van der Waals surface area (Å²) >= 11 is 6.38. The number of aromatic nitrogens is 8. The number of para-hydroxylation sites is 1. The Morgan fingerprint density at radius 2 is 1.82 bits per heavy atom. The van der Waals surface area contributed by atoms with Crippen molar-refractivity contribution in [2.45, 2.75) is 13.0 Å². The third kappa shape index (κ3) is 3.47. The first-order chi connectivity index (χ1) is 18.6. The van der Waals surface area contributed by atoms with Crippen LogP contribution in [0.3, 0.4) is 0 Å². The third-order valence-electron chi connectivity index (χ3n) is 6.71. The maximum atomic E-state index is 6.38. The molecule has 9 nitrogen and oxygen atoms in total. The molecule has 0 spiro atoms. The number of hydrogen-bond acceptors (Lipinski definition) is 7. The van der Waals surface area contributed by atoms with Crippen LogP contribution in [0.25, 0.3) is 49.8 Å². The second kappa shape index (κ2) is 8.60. The van der Waals surface area contributed by atoms with Crippen molar-refractivity contribution in [2.75, 3.05) is 5.73 Å². The lowest BCUT2D eigenvalue weighted by Gasteiger charge is -2.11. The Morgan fingerprint density at radius 1 is 0.921 bits per heavy atom. The highest BCUT2D eigenvalue weighted by Gasteiger charge is 2.25. The maximum absolute atomic E-state index is 6.38. The van der Waals surface area contributed by atoms with E-state index in [0.717, 1.165) is 38.8 Å². The first-order valence-corrected chi connectivity index (χ1v) is 12.4. The van der Waals surface area contributed by atoms with Gasteiger partial charge in [0.25, 0.3) is 0 Å². The molecule has 38 heavy (non-hydrogen) atoms. The molecule has 5 aromatic heterocycles. The number of hydrogen-bond donors (Lipinski definition) is 1. The number of nitrogens with two attached hydrogens (primary N) is 1. The molecule has 1 atom stereocenters. The van der Waals surface area contributed by atoms with Gasteiger partial charge in [-0.15, -0.1) is 0 Å². The highest BCUT2D eigenvalue weighted by atomic mass is 35.5. The second-order valence-electron chi connectivity index (χ2n) is 9.01. The molecule has 0 fully saturated rings. The molecule has 2 aromatic carbocycles. The first kappa shape index (κ1) is 22.3. The van der Waals surface area contributed by atoms with E-state index in [1.54, 1.807) is 18.6 Å². The molecular formula is C28H20ClN9. The molecule has 0 saturated heterocycles. The summed E-state index contributed by atoms with van der Waals surface area (Å²) in [7, 11) is 0. The fraction of sp³-hybridized carbons (Fsp3) is 0.0714. The topological polar surface area (TPSA) is 113 Å². The summed E-state index contributed by atoms with van der Waals surface area (Å²) in [6.07, 6.45) is 6.76. The summed E-state index contributed by atoms with van der Waals surface area (Å²) < 4.78 is 3.70. The van der Waals surface area contributed by atoms with Gasteiger partial charge in [0, 0.05) is 33.8 Å². The van der Waals surface area contributed by atoms with Crippen LogP contribution < -0.4 is 5.73 Å². The third-order valence-corrected chi connectivity index (χ3v) is 6.94. The number of halogens is 1. The van der Waals surface area contributed by atoms with Crippen molar-refractivity contribution in [3.8, 4) is 16.9 Å². The van der Waals surface area contributed by atoms with Gasteiger partial charge >= 0.3 is 0 Å². The fourth-order valence-electron chi connectivity index (χ4n) is 4.88. The molecule has 0 amide bonds. The van der Waals surface area contributed by atoms with E-state index in [1.165, 1.54) is 6.33 Å². The van der Waals surface area contributed by atoms with Crippen LogP contribution >= 0.6 is 11.6 Å². The van der Waals surface area contributed by atoms with Crippen molar-refractivity contribution in [1.29, 1.82) is 0 Å². The molecule has 2 N–H and O–H groups in total. The molecule has 0 aliphatic carbocycles. The van der Waals surface area contributed by atoms with Crippen LogP contribution in [0.4, 0.5) is 5.82 Å². The van der Waals surface area contributed by atoms with Crippen molar-refractivity contribution in [3.05, 3.63) is 96.3 Å². The molecule has 10 heteroatoms. The largest absolute Gasteiger partial charge is 0.383 e. The highest BCUT2D eigenvalue weighted by molar-refractivity contribution is 6.31. The number of rotatable bonds is 4. The van der Waals surface area contributed by atoms with Gasteiger partial charge in [-0.1, -0.05) is 29.8 Å². The molecule has 1 unspecified atom stereocenters. The van der Waals surface area contributed by atoms with Gasteiger partial charge in [-0.2, -0.15) is 10.2 Å². The van der Waals surface area contributed by atoms with Crippen molar-refractivity contribution >= 4 is 50.3 Å². The van der Waals surface area contributed by atoms with Crippen LogP contribution in [0.1, 0.15) is 18.7 Å². The molecule has 0 aliphatic heterocycles. The highest BCUT2D eigenvalue weighted by Crippen LogP contribution is 2.36. The van der Waals surface area contributed by atoms with Gasteiger partial charge in [0.1, 0.15) is 17.8 Å². The predicted molar refractivity (Wildman–Crippen MR) is 148 cm³/mol. The standard InChI is InChI=1S/C28H20ClN9/c1-16(25-21-9-8-19(29)12-23(21)38(35-25)20-6-4-10-31-14-20)37-28-24(27(30)33-15-34-28)26(36-37)18-11-17-5-2-3-7-22(17)32-13-18/h2-16H,1H3,(H2,30,33,34). The van der Waals surface area contributed by atoms with Crippen molar-refractivity contribution in [3.63, 3.8) is 0 Å². The van der Waals surface area contributed by atoms with E-state index in [0.29, 0.717) is 27.6 Å². The lowest BCUT2D eigenvalue weighted by molar-refractivity contribution is 0.564. The minimum absolute atomic E-state index is 0.296. The Morgan fingerprint density at radius 3 is 2.68 bits per heavy atom. The van der Waals surface area contributed by atoms with Crippen LogP contribution in [0.15, 0.2) is 85.6 Å². The summed E-state index contributed by atoms with van der Waals surface area (Å²) in [6.45, 7) is 2.04. The number of fused-ring (bicyclic) bond motifs is 3. The predicted octanol–water partition coefficient (Wildman–Crippen LogP) is 5.62. The monoisotopic (exact) mass is 517 g/mol. The summed E-state index contributed by atoms with van der Waals surface area (Å²) in [4.78, 5) is 17.7. The van der Waals surface area contributed by atoms with E-state index < -0.39 is 0 Å². The van der Waals surface area contributed by atoms with Crippen molar-refractivity contribution in [2.24, 2.45) is 0 Å². The van der Waals surface area contributed by atoms with Gasteiger partial charge < -0.3 is 5.73 Å². The number of benzene rings is 2. The molecule has 0 bridgehead atoms. The second-order valence-corrected chi connectivity index (χ2v) is 9.45. The van der Waals surface area contributed by atoms with Gasteiger partial charge in [-0.25, -0.2) is 19.3 Å². The molecule has 184 valence electrons. The zero-order chi connectivity index (χ0) is 25.8. The fourth-order valence-corrected chi connectivity index (χ4v) is 5.05. The van der Waals surface area contributed by atoms with Crippen molar-refractivity contribution in [1.82, 2.24) is 39.5 Å². The Hall–Kier alpha value is -4.89. The van der Waals surface area contributed by atoms with E-state index in [9.17, 15) is 0 Å². The van der Waals surface area contributed by atoms with E-state index in [2.05, 4.69) is 26.0 Å². The van der Waals surface area contributed by atoms with E-state index in [1.807, 2.05) is 70.9 Å². The molecule has 5 heterocycles. The van der Waals surface area contributed by atoms with Gasteiger partial charge in [0.05, 0.1) is 40.0 Å². The Labute approximate surface area is 221 Å². The molecular weight excluding hydrogens is 498 g/mol. The molecule has 7 rings (SSSR count). The quantitative estimate of drug-likeness (QED) is 0.322. The SMILES string of the molecule is CC(c1nn(-c2cccnc2)c2cc(Cl)ccc12)n1nc(-c2cnc3ccccc3c2)c2c(N)ncnc21. The molecule has 7 aromatic rings. The number of pyridine rings is 2. The van der Waals surface area contributed by atoms with Crippen LogP contribution in [-0.4, -0.2) is 39.5 Å². The molecule has 0 radical (unpaired) electrons. The van der Waals surface area contributed by atoms with E-state index in [4.69, 9.17) is 27.5 Å². The summed E-state index contributed by atoms with van der Waals surface area (Å²) in [5.74, 6) is 0.356. The van der Waals surface area contributed by atoms with E-state index in [-0.39, 0.29) is 6.04 Å². The maximum Gasteiger partial charge on any atom is 0.164 e. The van der Waals surface area contributed by atoms with Gasteiger partial charge in [0.2, 0.25) is 0 Å². The van der Waals surface area contributed by atoms with Gasteiger partial charge in [0.15, 0.2) is 5.65 Å². The Kier molecular flexibility index (Phi) is 5.05. The van der Waals surface area contributed by atoms with E-state index >= 15 is 0 Å². The Balaban J connectivity index is 1.44. The van der Waals surface area contributed by atoms with Crippen LogP contribution in [0.2, 0.25) is 5.02 Å². The van der Waals surface area contributed by atoms with Crippen LogP contribution in [0.5, 0.6) is 0 Å². The van der Waals surface area contributed by atoms with Crippen molar-refractivity contribution < 1.29 is 0 Å². The Bertz CT molecular complexity index is 1980. The lowest BCUT2D eigenvalue weighted by Crippen LogP contribution is -2.11. The molecule has 0 saturated carbocycles. The van der Waals surface area contributed by atoms with Crippen LogP contribution in [0, 0.1) is 0 Å². The zero-order valence-electron chi connectivity index (χ0n) is 20.2. The molecule has 0 aliphatic rings. The minimum Gasteiger partial charge on any atom is -0.383 e. The summed E-state index contributed by atoms with van der Waals surface area (Å²) in [5.41, 5.74) is 11.9. The average Bonchev–Trinajstić information content (AvgIpc) is 3.53. The van der Waals surface area contributed by atoms with Crippen LogP contribution in [-0.2, 0) is 0 Å². The summed E-state index contributed by atoms with van der Waals surface area (Å²) in [5, 5.41) is 13.3. The lowest BCUT2D eigenvalue weighted by atomic mass is 10.1. The van der Waals surface area contributed by atoms with Gasteiger partial charge in [-0.05, 0) is 49.4 Å². The normalized spacial score (nSPS) is 12.5. The smallest absolute Gasteiger partial charge is 0.164 e. The van der Waals surface area contributed by atoms with Gasteiger partial charge in [-0.3, -0.25) is 9.97 Å². The average molecular weight is 518 g/mol. The summed E-state index contributed by atoms with van der Waals surface area (Å²) in [6, 6.07) is 19.3. The zero-order valence-corrected chi connectivity index (χ0v) is 20.9.